The smallest absolute Gasteiger partial charge is 0.244 e. The quantitative estimate of drug-likeness (QED) is 0.714. The van der Waals surface area contributed by atoms with E-state index in [1.165, 1.54) is 26.3 Å². The fraction of sp³-hybridized carbons (Fsp3) is 0.250. The van der Waals surface area contributed by atoms with E-state index in [1.807, 2.05) is 44.2 Å². The third-order valence-electron chi connectivity index (χ3n) is 4.10. The summed E-state index contributed by atoms with van der Waals surface area (Å²) in [6.07, 6.45) is 2.94. The summed E-state index contributed by atoms with van der Waals surface area (Å²) in [6, 6.07) is 14.3. The van der Waals surface area contributed by atoms with Crippen molar-refractivity contribution in [1.29, 1.82) is 0 Å². The van der Waals surface area contributed by atoms with Crippen LogP contribution in [0.2, 0.25) is 0 Å². The molecule has 0 saturated heterocycles. The van der Waals surface area contributed by atoms with Gasteiger partial charge in [0.15, 0.2) is 0 Å². The van der Waals surface area contributed by atoms with Crippen LogP contribution in [-0.4, -0.2) is 28.5 Å². The molecule has 2 aromatic rings. The lowest BCUT2D eigenvalue weighted by Gasteiger charge is -2.26. The van der Waals surface area contributed by atoms with E-state index in [2.05, 4.69) is 10.0 Å². The average molecular weight is 388 g/mol. The van der Waals surface area contributed by atoms with Gasteiger partial charge in [-0.1, -0.05) is 36.4 Å². The number of amides is 1. The minimum atomic E-state index is -3.68. The van der Waals surface area contributed by atoms with Crippen molar-refractivity contribution in [2.75, 3.05) is 14.2 Å². The summed E-state index contributed by atoms with van der Waals surface area (Å²) in [5.41, 5.74) is 1.01. The van der Waals surface area contributed by atoms with Crippen molar-refractivity contribution in [1.82, 2.24) is 10.0 Å². The molecule has 0 aromatic heterocycles. The average Bonchev–Trinajstić information content (AvgIpc) is 2.66. The van der Waals surface area contributed by atoms with Gasteiger partial charge in [-0.2, -0.15) is 0 Å². The second-order valence-electron chi connectivity index (χ2n) is 6.43. The molecule has 0 aliphatic rings. The normalized spacial score (nSPS) is 12.1. The number of methoxy groups -OCH3 is 1. The molecule has 7 heteroatoms. The van der Waals surface area contributed by atoms with Gasteiger partial charge in [0.05, 0.1) is 12.6 Å². The molecule has 2 N–H and O–H groups in total. The van der Waals surface area contributed by atoms with Crippen LogP contribution in [0.15, 0.2) is 59.5 Å². The van der Waals surface area contributed by atoms with Crippen LogP contribution in [0.5, 0.6) is 5.75 Å². The highest BCUT2D eigenvalue weighted by Gasteiger charge is 2.21. The molecule has 2 rings (SSSR count). The van der Waals surface area contributed by atoms with Crippen LogP contribution in [0.3, 0.4) is 0 Å². The molecule has 144 valence electrons. The van der Waals surface area contributed by atoms with Crippen LogP contribution in [-0.2, 0) is 20.4 Å². The highest BCUT2D eigenvalue weighted by Crippen LogP contribution is 2.25. The third-order valence-corrected chi connectivity index (χ3v) is 5.54. The number of nitrogens with one attached hydrogen (secondary N) is 2. The maximum atomic E-state index is 12.3. The highest BCUT2D eigenvalue weighted by molar-refractivity contribution is 7.89. The zero-order valence-corrected chi connectivity index (χ0v) is 16.6. The molecule has 0 fully saturated rings. The molecular formula is C20H24N2O4S. The van der Waals surface area contributed by atoms with Gasteiger partial charge in [0.25, 0.3) is 0 Å². The van der Waals surface area contributed by atoms with Gasteiger partial charge in [0, 0.05) is 6.08 Å². The van der Waals surface area contributed by atoms with Gasteiger partial charge in [0.1, 0.15) is 10.6 Å². The van der Waals surface area contributed by atoms with Crippen molar-refractivity contribution < 1.29 is 17.9 Å². The molecule has 0 bridgehead atoms. The lowest BCUT2D eigenvalue weighted by Crippen LogP contribution is -2.40. The van der Waals surface area contributed by atoms with Gasteiger partial charge in [-0.25, -0.2) is 13.1 Å². The predicted octanol–water partition coefficient (Wildman–Crippen LogP) is 2.67. The van der Waals surface area contributed by atoms with Gasteiger partial charge in [-0.3, -0.25) is 4.79 Å². The van der Waals surface area contributed by atoms with Crippen molar-refractivity contribution in [2.45, 2.75) is 24.3 Å². The molecule has 0 aliphatic carbocycles. The van der Waals surface area contributed by atoms with E-state index in [1.54, 1.807) is 18.2 Å². The summed E-state index contributed by atoms with van der Waals surface area (Å²) in [7, 11) is -0.945. The molecule has 0 unspecified atom stereocenters. The molecule has 0 spiro atoms. The van der Waals surface area contributed by atoms with Crippen LogP contribution in [0.25, 0.3) is 6.08 Å². The molecule has 1 amide bonds. The van der Waals surface area contributed by atoms with Crippen molar-refractivity contribution in [3.63, 3.8) is 0 Å². The summed E-state index contributed by atoms with van der Waals surface area (Å²) < 4.78 is 31.6. The fourth-order valence-corrected chi connectivity index (χ4v) is 3.49. The van der Waals surface area contributed by atoms with Crippen molar-refractivity contribution in [2.24, 2.45) is 0 Å². The van der Waals surface area contributed by atoms with E-state index in [4.69, 9.17) is 4.74 Å². The van der Waals surface area contributed by atoms with E-state index in [0.29, 0.717) is 5.56 Å². The number of carbonyl (C=O) groups is 1. The minimum absolute atomic E-state index is 0.0136. The predicted molar refractivity (Wildman–Crippen MR) is 106 cm³/mol. The molecule has 0 radical (unpaired) electrons. The second kappa shape index (κ2) is 8.37. The first-order valence-electron chi connectivity index (χ1n) is 8.37. The van der Waals surface area contributed by atoms with E-state index in [0.717, 1.165) is 5.56 Å². The monoisotopic (exact) mass is 388 g/mol. The Balaban J connectivity index is 2.20. The van der Waals surface area contributed by atoms with Crippen molar-refractivity contribution in [3.8, 4) is 5.75 Å². The Kier molecular flexibility index (Phi) is 6.41. The summed E-state index contributed by atoms with van der Waals surface area (Å²) in [5, 5.41) is 2.94. The number of rotatable bonds is 7. The topological polar surface area (TPSA) is 84.5 Å². The Labute approximate surface area is 160 Å². The summed E-state index contributed by atoms with van der Waals surface area (Å²) in [5.74, 6) is -0.0474. The molecule has 27 heavy (non-hydrogen) atoms. The van der Waals surface area contributed by atoms with E-state index in [-0.39, 0.29) is 16.6 Å². The molecule has 0 atom stereocenters. The number of sulfonamides is 1. The Hall–Kier alpha value is -2.64. The summed E-state index contributed by atoms with van der Waals surface area (Å²) >= 11 is 0. The van der Waals surface area contributed by atoms with Crippen LogP contribution < -0.4 is 14.8 Å². The number of carbonyl (C=O) groups excluding carboxylic acids is 1. The van der Waals surface area contributed by atoms with E-state index < -0.39 is 15.6 Å². The first kappa shape index (κ1) is 20.7. The molecule has 0 heterocycles. The first-order valence-corrected chi connectivity index (χ1v) is 9.85. The molecule has 6 nitrogen and oxygen atoms in total. The number of benzene rings is 2. The first-order chi connectivity index (χ1) is 12.7. The standard InChI is InChI=1S/C20H24N2O4S/c1-20(2,16-8-6-5-7-9-16)22-19(23)13-11-15-10-12-17(26-4)18(14-15)27(24,25)21-3/h5-14,21H,1-4H3,(H,22,23)/b13-11+. The highest BCUT2D eigenvalue weighted by atomic mass is 32.2. The van der Waals surface area contributed by atoms with Gasteiger partial charge in [0.2, 0.25) is 15.9 Å². The van der Waals surface area contributed by atoms with Crippen molar-refractivity contribution in [3.05, 3.63) is 65.7 Å². The number of hydrogen-bond acceptors (Lipinski definition) is 4. The molecule has 2 aromatic carbocycles. The SMILES string of the molecule is CNS(=O)(=O)c1cc(/C=C/C(=O)NC(C)(C)c2ccccc2)ccc1OC. The van der Waals surface area contributed by atoms with Gasteiger partial charge in [-0.05, 0) is 50.2 Å². The second-order valence-corrected chi connectivity index (χ2v) is 8.29. The van der Waals surface area contributed by atoms with Crippen LogP contribution in [0.4, 0.5) is 0 Å². The zero-order chi connectivity index (χ0) is 20.1. The summed E-state index contributed by atoms with van der Waals surface area (Å²) in [4.78, 5) is 12.3. The number of ether oxygens (including phenoxy) is 1. The maximum absolute atomic E-state index is 12.3. The number of hydrogen-bond donors (Lipinski definition) is 2. The van der Waals surface area contributed by atoms with Crippen LogP contribution >= 0.6 is 0 Å². The van der Waals surface area contributed by atoms with Gasteiger partial charge < -0.3 is 10.1 Å². The molecular weight excluding hydrogens is 364 g/mol. The molecule has 0 aliphatic heterocycles. The fourth-order valence-electron chi connectivity index (χ4n) is 2.57. The largest absolute Gasteiger partial charge is 0.495 e. The van der Waals surface area contributed by atoms with Crippen LogP contribution in [0.1, 0.15) is 25.0 Å². The van der Waals surface area contributed by atoms with E-state index >= 15 is 0 Å². The Morgan fingerprint density at radius 3 is 2.37 bits per heavy atom. The zero-order valence-electron chi connectivity index (χ0n) is 15.8. The maximum Gasteiger partial charge on any atom is 0.244 e. The Morgan fingerprint density at radius 1 is 1.11 bits per heavy atom. The lowest BCUT2D eigenvalue weighted by molar-refractivity contribution is -0.118. The van der Waals surface area contributed by atoms with E-state index in [9.17, 15) is 13.2 Å². The Morgan fingerprint density at radius 2 is 1.78 bits per heavy atom. The lowest BCUT2D eigenvalue weighted by atomic mass is 9.94. The Bertz CT molecular complexity index is 936. The van der Waals surface area contributed by atoms with Gasteiger partial charge >= 0.3 is 0 Å². The third kappa shape index (κ3) is 5.18. The van der Waals surface area contributed by atoms with Gasteiger partial charge in [-0.15, -0.1) is 0 Å². The molecule has 0 saturated carbocycles. The van der Waals surface area contributed by atoms with Crippen molar-refractivity contribution >= 4 is 22.0 Å². The summed E-state index contributed by atoms with van der Waals surface area (Å²) in [6.45, 7) is 3.83. The minimum Gasteiger partial charge on any atom is -0.495 e. The van der Waals surface area contributed by atoms with Crippen LogP contribution in [0, 0.1) is 0 Å².